The molecule has 0 saturated heterocycles. The minimum Gasteiger partial charge on any atom is -0.325 e. The van der Waals surface area contributed by atoms with Crippen molar-refractivity contribution in [1.82, 2.24) is 19.9 Å². The summed E-state index contributed by atoms with van der Waals surface area (Å²) in [5.41, 5.74) is 8.21. The minimum absolute atomic E-state index is 0.000557. The standard InChI is InChI=1S/C27H23F3N6O2S/c1-3-23-21(26(35-16-34-23)19-9-10-20(13-31)33-15-19)11-8-18-12-24(17(2)32-14-18)36-39(37,38)25-7-5-4-6-22(25)27(28,29)30/h4-7,9-10,12,14-16,36H,3,13,31H2,1-2H3. The van der Waals surface area contributed by atoms with Crippen molar-refractivity contribution in [1.29, 1.82) is 0 Å². The molecule has 0 aliphatic heterocycles. The van der Waals surface area contributed by atoms with E-state index in [0.717, 1.165) is 17.8 Å². The Morgan fingerprint density at radius 2 is 1.77 bits per heavy atom. The maximum absolute atomic E-state index is 13.4. The number of nitrogens with two attached hydrogens (primary N) is 1. The lowest BCUT2D eigenvalue weighted by Crippen LogP contribution is -2.19. The van der Waals surface area contributed by atoms with Crippen LogP contribution >= 0.6 is 0 Å². The second-order valence-corrected chi connectivity index (χ2v) is 10.00. The van der Waals surface area contributed by atoms with Gasteiger partial charge in [-0.3, -0.25) is 14.7 Å². The molecule has 0 unspecified atom stereocenters. The van der Waals surface area contributed by atoms with Crippen LogP contribution in [0.2, 0.25) is 0 Å². The molecule has 0 spiro atoms. The van der Waals surface area contributed by atoms with E-state index in [1.165, 1.54) is 31.6 Å². The number of nitrogens with zero attached hydrogens (tertiary/aromatic N) is 4. The molecule has 0 bridgehead atoms. The minimum atomic E-state index is -4.85. The van der Waals surface area contributed by atoms with E-state index in [-0.39, 0.29) is 11.4 Å². The third kappa shape index (κ3) is 6.22. The van der Waals surface area contributed by atoms with Gasteiger partial charge in [0, 0.05) is 30.1 Å². The van der Waals surface area contributed by atoms with Gasteiger partial charge in [0.2, 0.25) is 0 Å². The van der Waals surface area contributed by atoms with Crippen LogP contribution in [0.3, 0.4) is 0 Å². The van der Waals surface area contributed by atoms with E-state index in [4.69, 9.17) is 5.73 Å². The summed E-state index contributed by atoms with van der Waals surface area (Å²) in [4.78, 5) is 16.3. The van der Waals surface area contributed by atoms with Gasteiger partial charge in [0.05, 0.1) is 44.5 Å². The van der Waals surface area contributed by atoms with Crippen molar-refractivity contribution in [3.63, 3.8) is 0 Å². The van der Waals surface area contributed by atoms with Gasteiger partial charge in [-0.15, -0.1) is 0 Å². The lowest BCUT2D eigenvalue weighted by Gasteiger charge is -2.15. The number of halogens is 3. The fourth-order valence-electron chi connectivity index (χ4n) is 3.70. The van der Waals surface area contributed by atoms with Gasteiger partial charge in [-0.05, 0) is 43.7 Å². The second kappa shape index (κ2) is 11.2. The quantitative estimate of drug-likeness (QED) is 0.338. The number of anilines is 1. The Balaban J connectivity index is 1.72. The van der Waals surface area contributed by atoms with Crippen LogP contribution in [0.4, 0.5) is 18.9 Å². The molecule has 200 valence electrons. The van der Waals surface area contributed by atoms with Crippen LogP contribution in [-0.4, -0.2) is 28.4 Å². The topological polar surface area (TPSA) is 124 Å². The Hall–Kier alpha value is -4.34. The normalized spacial score (nSPS) is 11.5. The Bertz CT molecular complexity index is 1680. The average Bonchev–Trinajstić information content (AvgIpc) is 2.92. The number of benzene rings is 1. The van der Waals surface area contributed by atoms with E-state index in [0.29, 0.717) is 47.1 Å². The van der Waals surface area contributed by atoms with Gasteiger partial charge in [-0.25, -0.2) is 18.4 Å². The Labute approximate surface area is 223 Å². The largest absolute Gasteiger partial charge is 0.417 e. The number of nitrogens with one attached hydrogen (secondary N) is 1. The van der Waals surface area contributed by atoms with Gasteiger partial charge in [-0.2, -0.15) is 13.2 Å². The van der Waals surface area contributed by atoms with Gasteiger partial charge in [0.15, 0.2) is 0 Å². The number of pyridine rings is 2. The molecule has 0 radical (unpaired) electrons. The first-order chi connectivity index (χ1) is 18.5. The van der Waals surface area contributed by atoms with Gasteiger partial charge >= 0.3 is 6.18 Å². The molecule has 12 heteroatoms. The number of sulfonamides is 1. The summed E-state index contributed by atoms with van der Waals surface area (Å²) in [7, 11) is -4.59. The van der Waals surface area contributed by atoms with Gasteiger partial charge in [0.1, 0.15) is 6.33 Å². The van der Waals surface area contributed by atoms with Crippen LogP contribution in [0.1, 0.15) is 40.7 Å². The first kappa shape index (κ1) is 27.7. The maximum Gasteiger partial charge on any atom is 0.417 e. The summed E-state index contributed by atoms with van der Waals surface area (Å²) in [6.07, 6.45) is 0.252. The fourth-order valence-corrected chi connectivity index (χ4v) is 5.04. The molecule has 3 aromatic heterocycles. The third-order valence-electron chi connectivity index (χ3n) is 5.71. The van der Waals surface area contributed by atoms with Crippen LogP contribution in [0.25, 0.3) is 11.3 Å². The zero-order valence-electron chi connectivity index (χ0n) is 20.9. The highest BCUT2D eigenvalue weighted by molar-refractivity contribution is 7.92. The second-order valence-electron chi connectivity index (χ2n) is 8.35. The van der Waals surface area contributed by atoms with Crippen LogP contribution in [0.15, 0.2) is 66.1 Å². The van der Waals surface area contributed by atoms with Gasteiger partial charge in [0.25, 0.3) is 10.0 Å². The van der Waals surface area contributed by atoms with Crippen LogP contribution in [-0.2, 0) is 29.2 Å². The number of rotatable bonds is 6. The van der Waals surface area contributed by atoms with Crippen molar-refractivity contribution in [2.45, 2.75) is 37.9 Å². The lowest BCUT2D eigenvalue weighted by molar-refractivity contribution is -0.139. The Morgan fingerprint density at radius 1 is 1.00 bits per heavy atom. The lowest BCUT2D eigenvalue weighted by atomic mass is 10.0. The highest BCUT2D eigenvalue weighted by Gasteiger charge is 2.37. The summed E-state index contributed by atoms with van der Waals surface area (Å²) >= 11 is 0. The van der Waals surface area contributed by atoms with Crippen LogP contribution < -0.4 is 10.5 Å². The van der Waals surface area contributed by atoms with Crippen molar-refractivity contribution in [3.05, 3.63) is 95.0 Å². The number of alkyl halides is 3. The van der Waals surface area contributed by atoms with E-state index in [2.05, 4.69) is 36.5 Å². The molecule has 4 aromatic rings. The number of hydrogen-bond donors (Lipinski definition) is 2. The molecule has 0 fully saturated rings. The summed E-state index contributed by atoms with van der Waals surface area (Å²) in [5, 5.41) is 0. The highest BCUT2D eigenvalue weighted by Crippen LogP contribution is 2.35. The van der Waals surface area contributed by atoms with E-state index in [1.54, 1.807) is 12.3 Å². The zero-order valence-corrected chi connectivity index (χ0v) is 21.7. The average molecular weight is 553 g/mol. The van der Waals surface area contributed by atoms with E-state index in [1.807, 2.05) is 13.0 Å². The van der Waals surface area contributed by atoms with Crippen molar-refractivity contribution in [3.8, 4) is 23.1 Å². The Kier molecular flexibility index (Phi) is 7.94. The first-order valence-corrected chi connectivity index (χ1v) is 13.2. The molecule has 8 nitrogen and oxygen atoms in total. The summed E-state index contributed by atoms with van der Waals surface area (Å²) in [5.74, 6) is 6.00. The molecule has 0 atom stereocenters. The number of aryl methyl sites for hydroxylation is 2. The molecular weight excluding hydrogens is 529 g/mol. The maximum atomic E-state index is 13.4. The zero-order chi connectivity index (χ0) is 28.2. The molecule has 0 aliphatic rings. The van der Waals surface area contributed by atoms with E-state index >= 15 is 0 Å². The predicted molar refractivity (Wildman–Crippen MR) is 140 cm³/mol. The first-order valence-electron chi connectivity index (χ1n) is 11.7. The molecule has 0 aliphatic carbocycles. The van der Waals surface area contributed by atoms with Crippen molar-refractivity contribution in [2.75, 3.05) is 4.72 Å². The van der Waals surface area contributed by atoms with E-state index in [9.17, 15) is 21.6 Å². The molecule has 0 amide bonds. The summed E-state index contributed by atoms with van der Waals surface area (Å²) < 4.78 is 68.4. The van der Waals surface area contributed by atoms with Crippen molar-refractivity contribution < 1.29 is 21.6 Å². The molecule has 3 heterocycles. The van der Waals surface area contributed by atoms with E-state index < -0.39 is 26.7 Å². The molecule has 39 heavy (non-hydrogen) atoms. The molecular formula is C27H23F3N6O2S. The molecule has 3 N–H and O–H groups in total. The smallest absolute Gasteiger partial charge is 0.325 e. The van der Waals surface area contributed by atoms with Gasteiger partial charge < -0.3 is 5.73 Å². The van der Waals surface area contributed by atoms with Gasteiger partial charge in [-0.1, -0.05) is 30.9 Å². The fraction of sp³-hybridized carbons (Fsp3) is 0.185. The predicted octanol–water partition coefficient (Wildman–Crippen LogP) is 4.48. The molecule has 1 aromatic carbocycles. The Morgan fingerprint density at radius 3 is 2.44 bits per heavy atom. The molecule has 4 rings (SSSR count). The van der Waals surface area contributed by atoms with Crippen molar-refractivity contribution in [2.24, 2.45) is 5.73 Å². The summed E-state index contributed by atoms with van der Waals surface area (Å²) in [6.45, 7) is 3.75. The third-order valence-corrected chi connectivity index (χ3v) is 7.14. The number of aromatic nitrogens is 4. The summed E-state index contributed by atoms with van der Waals surface area (Å²) in [6, 6.07) is 9.00. The van der Waals surface area contributed by atoms with Crippen molar-refractivity contribution >= 4 is 15.7 Å². The SMILES string of the molecule is CCc1ncnc(-c2ccc(CN)nc2)c1C#Cc1cnc(C)c(NS(=O)(=O)c2ccccc2C(F)(F)F)c1. The number of hydrogen-bond acceptors (Lipinski definition) is 7. The molecule has 0 saturated carbocycles. The monoisotopic (exact) mass is 552 g/mol. The highest BCUT2D eigenvalue weighted by atomic mass is 32.2. The van der Waals surface area contributed by atoms with Crippen LogP contribution in [0.5, 0.6) is 0 Å². The van der Waals surface area contributed by atoms with Crippen LogP contribution in [0, 0.1) is 18.8 Å².